The van der Waals surface area contributed by atoms with Gasteiger partial charge in [0.25, 0.3) is 17.3 Å². The van der Waals surface area contributed by atoms with Crippen molar-refractivity contribution < 1.29 is 14.6 Å². The second kappa shape index (κ2) is 6.59. The molecule has 10 heteroatoms. The number of non-ortho nitro benzene ring substituents is 1. The fourth-order valence-electron chi connectivity index (χ4n) is 1.80. The van der Waals surface area contributed by atoms with Crippen molar-refractivity contribution in [2.24, 2.45) is 5.73 Å². The van der Waals surface area contributed by atoms with Crippen LogP contribution in [-0.4, -0.2) is 20.7 Å². The Hall–Kier alpha value is -3.07. The molecule has 1 amide bonds. The van der Waals surface area contributed by atoms with Gasteiger partial charge in [0.1, 0.15) is 0 Å². The molecule has 1 aromatic heterocycles. The van der Waals surface area contributed by atoms with E-state index in [-0.39, 0.29) is 29.2 Å². The Morgan fingerprint density at radius 2 is 1.82 bits per heavy atom. The van der Waals surface area contributed by atoms with Gasteiger partial charge in [-0.2, -0.15) is 0 Å². The first-order valence-electron chi connectivity index (χ1n) is 5.60. The van der Waals surface area contributed by atoms with Gasteiger partial charge in [0.05, 0.1) is 32.7 Å². The van der Waals surface area contributed by atoms with E-state index < -0.39 is 27.1 Å². The summed E-state index contributed by atoms with van der Waals surface area (Å²) >= 11 is 0. The average molecular weight is 325 g/mol. The number of halogens is 1. The molecule has 22 heavy (non-hydrogen) atoms. The molecular weight excluding hydrogens is 316 g/mol. The number of carbonyl (C=O) groups is 1. The molecule has 2 N–H and O–H groups in total. The molecule has 0 atom stereocenters. The molecule has 114 valence electrons. The number of amides is 1. The van der Waals surface area contributed by atoms with Crippen molar-refractivity contribution >= 4 is 29.7 Å². The minimum absolute atomic E-state index is 0. The highest BCUT2D eigenvalue weighted by molar-refractivity contribution is 5.99. The van der Waals surface area contributed by atoms with E-state index in [1.807, 2.05) is 0 Å². The van der Waals surface area contributed by atoms with Crippen molar-refractivity contribution in [3.63, 3.8) is 0 Å². The number of hydrogen-bond donors (Lipinski definition) is 1. The fourth-order valence-corrected chi connectivity index (χ4v) is 1.80. The summed E-state index contributed by atoms with van der Waals surface area (Å²) in [5.41, 5.74) is 4.23. The first-order chi connectivity index (χ1) is 9.91. The molecule has 2 rings (SSSR count). The van der Waals surface area contributed by atoms with Crippen LogP contribution >= 0.6 is 12.4 Å². The minimum atomic E-state index is -0.800. The van der Waals surface area contributed by atoms with E-state index in [2.05, 4.69) is 4.98 Å². The topological polar surface area (TPSA) is 142 Å². The number of aromatic nitrogens is 1. The predicted octanol–water partition coefficient (Wildman–Crippen LogP) is 2.09. The average Bonchev–Trinajstić information content (AvgIpc) is 2.46. The van der Waals surface area contributed by atoms with E-state index >= 15 is 0 Å². The Labute approximate surface area is 129 Å². The maximum atomic E-state index is 11.4. The molecular formula is C12H9ClN4O5. The molecule has 0 spiro atoms. The fraction of sp³-hybridized carbons (Fsp3) is 0. The van der Waals surface area contributed by atoms with Crippen molar-refractivity contribution in [2.75, 3.05) is 0 Å². The number of nitrogens with zero attached hydrogens (tertiary/aromatic N) is 3. The molecule has 0 radical (unpaired) electrons. The standard InChI is InChI=1S/C12H8N4O5.ClH/c13-12(17)9-2-1-5-14-11(9)8-4-3-7(15(18)19)6-10(8)16(20)21;/h1-6H,(H2,13,17);1H. The summed E-state index contributed by atoms with van der Waals surface area (Å²) in [4.78, 5) is 35.5. The van der Waals surface area contributed by atoms with Gasteiger partial charge < -0.3 is 5.73 Å². The van der Waals surface area contributed by atoms with Crippen LogP contribution in [0.2, 0.25) is 0 Å². The van der Waals surface area contributed by atoms with Gasteiger partial charge in [-0.3, -0.25) is 30.0 Å². The number of benzene rings is 1. The Kier molecular flexibility index (Phi) is 5.09. The molecule has 0 aliphatic rings. The molecule has 0 saturated carbocycles. The molecule has 1 aromatic carbocycles. The van der Waals surface area contributed by atoms with E-state index in [4.69, 9.17) is 5.73 Å². The molecule has 0 aliphatic carbocycles. The zero-order valence-electron chi connectivity index (χ0n) is 10.8. The zero-order valence-corrected chi connectivity index (χ0v) is 11.6. The van der Waals surface area contributed by atoms with Crippen molar-refractivity contribution in [3.05, 3.63) is 62.3 Å². The van der Waals surface area contributed by atoms with E-state index in [9.17, 15) is 25.0 Å². The summed E-state index contributed by atoms with van der Waals surface area (Å²) in [7, 11) is 0. The number of nitro benzene ring substituents is 2. The third-order valence-corrected chi connectivity index (χ3v) is 2.72. The second-order valence-electron chi connectivity index (χ2n) is 3.98. The summed E-state index contributed by atoms with van der Waals surface area (Å²) in [6.07, 6.45) is 1.34. The number of nitrogens with two attached hydrogens (primary N) is 1. The maximum absolute atomic E-state index is 11.4. The van der Waals surface area contributed by atoms with E-state index in [0.717, 1.165) is 12.1 Å². The molecule has 0 aliphatic heterocycles. The van der Waals surface area contributed by atoms with Gasteiger partial charge in [-0.15, -0.1) is 12.4 Å². The summed E-state index contributed by atoms with van der Waals surface area (Å²) < 4.78 is 0. The van der Waals surface area contributed by atoms with Crippen LogP contribution in [-0.2, 0) is 0 Å². The maximum Gasteiger partial charge on any atom is 0.285 e. The molecule has 0 saturated heterocycles. The van der Waals surface area contributed by atoms with Crippen LogP contribution in [0.25, 0.3) is 11.3 Å². The Morgan fingerprint density at radius 3 is 2.36 bits per heavy atom. The zero-order chi connectivity index (χ0) is 15.6. The number of pyridine rings is 1. The van der Waals surface area contributed by atoms with Gasteiger partial charge in [0, 0.05) is 12.3 Å². The minimum Gasteiger partial charge on any atom is -0.366 e. The van der Waals surface area contributed by atoms with Crippen molar-refractivity contribution in [3.8, 4) is 11.3 Å². The Morgan fingerprint density at radius 1 is 1.14 bits per heavy atom. The van der Waals surface area contributed by atoms with E-state index in [1.54, 1.807) is 0 Å². The van der Waals surface area contributed by atoms with E-state index in [1.165, 1.54) is 24.4 Å². The SMILES string of the molecule is Cl.NC(=O)c1cccnc1-c1ccc([N+](=O)[O-])cc1[N+](=O)[O-]. The lowest BCUT2D eigenvalue weighted by Gasteiger charge is -2.06. The van der Waals surface area contributed by atoms with Crippen molar-refractivity contribution in [1.82, 2.24) is 4.98 Å². The summed E-state index contributed by atoms with van der Waals surface area (Å²) in [6, 6.07) is 5.91. The third-order valence-electron chi connectivity index (χ3n) is 2.72. The molecule has 0 fully saturated rings. The monoisotopic (exact) mass is 324 g/mol. The molecule has 1 heterocycles. The third kappa shape index (κ3) is 3.15. The number of primary amides is 1. The molecule has 9 nitrogen and oxygen atoms in total. The Bertz CT molecular complexity index is 765. The lowest BCUT2D eigenvalue weighted by atomic mass is 10.0. The van der Waals surface area contributed by atoms with Crippen LogP contribution in [0, 0.1) is 20.2 Å². The van der Waals surface area contributed by atoms with Crippen LogP contribution in [0.5, 0.6) is 0 Å². The van der Waals surface area contributed by atoms with Crippen LogP contribution in [0.1, 0.15) is 10.4 Å². The first-order valence-corrected chi connectivity index (χ1v) is 5.60. The lowest BCUT2D eigenvalue weighted by molar-refractivity contribution is -0.393. The summed E-state index contributed by atoms with van der Waals surface area (Å²) in [5.74, 6) is -0.800. The van der Waals surface area contributed by atoms with Crippen molar-refractivity contribution in [1.29, 1.82) is 0 Å². The highest BCUT2D eigenvalue weighted by atomic mass is 35.5. The highest BCUT2D eigenvalue weighted by Crippen LogP contribution is 2.33. The molecule has 0 unspecified atom stereocenters. The van der Waals surface area contributed by atoms with Gasteiger partial charge in [-0.25, -0.2) is 0 Å². The highest BCUT2D eigenvalue weighted by Gasteiger charge is 2.24. The van der Waals surface area contributed by atoms with Gasteiger partial charge >= 0.3 is 0 Å². The van der Waals surface area contributed by atoms with Crippen LogP contribution in [0.3, 0.4) is 0 Å². The summed E-state index contributed by atoms with van der Waals surface area (Å²) in [6.45, 7) is 0. The Balaban J connectivity index is 0.00000242. The van der Waals surface area contributed by atoms with Gasteiger partial charge in [0.2, 0.25) is 0 Å². The smallest absolute Gasteiger partial charge is 0.285 e. The quantitative estimate of drug-likeness (QED) is 0.673. The predicted molar refractivity (Wildman–Crippen MR) is 78.7 cm³/mol. The number of rotatable bonds is 4. The molecule has 0 bridgehead atoms. The van der Waals surface area contributed by atoms with E-state index in [0.29, 0.717) is 0 Å². The largest absolute Gasteiger partial charge is 0.366 e. The lowest BCUT2D eigenvalue weighted by Crippen LogP contribution is -2.13. The van der Waals surface area contributed by atoms with Gasteiger partial charge in [-0.05, 0) is 18.2 Å². The molecule has 2 aromatic rings. The van der Waals surface area contributed by atoms with Crippen LogP contribution in [0.15, 0.2) is 36.5 Å². The second-order valence-corrected chi connectivity index (χ2v) is 3.98. The van der Waals surface area contributed by atoms with Crippen LogP contribution < -0.4 is 5.73 Å². The van der Waals surface area contributed by atoms with Gasteiger partial charge in [-0.1, -0.05) is 0 Å². The van der Waals surface area contributed by atoms with Gasteiger partial charge in [0.15, 0.2) is 0 Å². The van der Waals surface area contributed by atoms with Crippen LogP contribution in [0.4, 0.5) is 11.4 Å². The first kappa shape index (κ1) is 17.0. The summed E-state index contributed by atoms with van der Waals surface area (Å²) in [5, 5.41) is 21.8. The van der Waals surface area contributed by atoms with Crippen molar-refractivity contribution in [2.45, 2.75) is 0 Å². The number of nitro groups is 2. The number of hydrogen-bond acceptors (Lipinski definition) is 6. The normalized spacial score (nSPS) is 9.64. The number of carbonyl (C=O) groups excluding carboxylic acids is 1.